The number of hydrogen-bond donors (Lipinski definition) is 2. The topological polar surface area (TPSA) is 62.0 Å². The molecule has 0 aromatic heterocycles. The molecular formula is C16H17NO3. The Balaban J connectivity index is 2.30. The summed E-state index contributed by atoms with van der Waals surface area (Å²) in [6.07, 6.45) is 0.431. The van der Waals surface area contributed by atoms with E-state index in [2.05, 4.69) is 5.16 Å². The quantitative estimate of drug-likeness (QED) is 0.498. The van der Waals surface area contributed by atoms with Crippen LogP contribution < -0.4 is 4.74 Å². The summed E-state index contributed by atoms with van der Waals surface area (Å²) in [7, 11) is 0. The number of rotatable bonds is 5. The molecule has 2 rings (SSSR count). The molecule has 0 saturated heterocycles. The molecule has 0 unspecified atom stereocenters. The summed E-state index contributed by atoms with van der Waals surface area (Å²) in [5, 5.41) is 22.5. The number of benzene rings is 2. The molecule has 4 nitrogen and oxygen atoms in total. The number of phenolic OH excluding ortho intramolecular Hbond substituents is 1. The van der Waals surface area contributed by atoms with Crippen LogP contribution in [0.3, 0.4) is 0 Å². The van der Waals surface area contributed by atoms with Crippen LogP contribution in [0.15, 0.2) is 53.7 Å². The Labute approximate surface area is 117 Å². The van der Waals surface area contributed by atoms with Crippen LogP contribution in [0.1, 0.15) is 18.1 Å². The molecule has 0 aliphatic carbocycles. The minimum atomic E-state index is 0.0668. The van der Waals surface area contributed by atoms with Gasteiger partial charge in [0.25, 0.3) is 0 Å². The van der Waals surface area contributed by atoms with Gasteiger partial charge in [0.05, 0.1) is 12.3 Å². The summed E-state index contributed by atoms with van der Waals surface area (Å²) in [6.45, 7) is 2.42. The monoisotopic (exact) mass is 271 g/mol. The van der Waals surface area contributed by atoms with Crippen molar-refractivity contribution in [3.8, 4) is 11.5 Å². The molecule has 2 aromatic carbocycles. The second kappa shape index (κ2) is 6.61. The summed E-state index contributed by atoms with van der Waals surface area (Å²) in [4.78, 5) is 0. The van der Waals surface area contributed by atoms with Crippen molar-refractivity contribution in [3.63, 3.8) is 0 Å². The predicted molar refractivity (Wildman–Crippen MR) is 77.7 cm³/mol. The van der Waals surface area contributed by atoms with E-state index in [1.807, 2.05) is 37.3 Å². The van der Waals surface area contributed by atoms with Crippen molar-refractivity contribution in [1.29, 1.82) is 0 Å². The average Bonchev–Trinajstić information content (AvgIpc) is 2.48. The van der Waals surface area contributed by atoms with Gasteiger partial charge in [-0.05, 0) is 30.7 Å². The fourth-order valence-electron chi connectivity index (χ4n) is 1.98. The van der Waals surface area contributed by atoms with E-state index in [1.54, 1.807) is 12.1 Å². The number of nitrogens with zero attached hydrogens (tertiary/aromatic N) is 1. The molecule has 0 heterocycles. The van der Waals surface area contributed by atoms with Gasteiger partial charge in [0.1, 0.15) is 11.5 Å². The molecule has 4 heteroatoms. The highest BCUT2D eigenvalue weighted by atomic mass is 16.5. The Hall–Kier alpha value is -2.49. The minimum absolute atomic E-state index is 0.0668. The van der Waals surface area contributed by atoms with E-state index in [1.165, 1.54) is 6.07 Å². The molecule has 0 saturated carbocycles. The summed E-state index contributed by atoms with van der Waals surface area (Å²) in [5.41, 5.74) is 1.87. The third kappa shape index (κ3) is 3.29. The molecule has 0 radical (unpaired) electrons. The van der Waals surface area contributed by atoms with Crippen LogP contribution in [0.25, 0.3) is 0 Å². The Kier molecular flexibility index (Phi) is 4.60. The van der Waals surface area contributed by atoms with Crippen LogP contribution in [-0.2, 0) is 6.42 Å². The Morgan fingerprint density at radius 2 is 1.90 bits per heavy atom. The fourth-order valence-corrected chi connectivity index (χ4v) is 1.98. The van der Waals surface area contributed by atoms with Gasteiger partial charge in [-0.25, -0.2) is 0 Å². The molecule has 0 bridgehead atoms. The molecule has 20 heavy (non-hydrogen) atoms. The van der Waals surface area contributed by atoms with Gasteiger partial charge in [0.15, 0.2) is 0 Å². The van der Waals surface area contributed by atoms with Gasteiger partial charge in [0, 0.05) is 12.0 Å². The summed E-state index contributed by atoms with van der Waals surface area (Å²) in [5.74, 6) is 0.701. The first-order valence-electron chi connectivity index (χ1n) is 6.45. The van der Waals surface area contributed by atoms with Gasteiger partial charge in [-0.3, -0.25) is 0 Å². The lowest BCUT2D eigenvalue weighted by atomic mass is 10.0. The lowest BCUT2D eigenvalue weighted by Gasteiger charge is -2.10. The van der Waals surface area contributed by atoms with E-state index >= 15 is 0 Å². The SMILES string of the molecule is CCOc1ccc(O)c(/C(Cc2ccccc2)=N/O)c1. The van der Waals surface area contributed by atoms with Gasteiger partial charge in [0.2, 0.25) is 0 Å². The van der Waals surface area contributed by atoms with E-state index in [9.17, 15) is 10.3 Å². The summed E-state index contributed by atoms with van der Waals surface area (Å²) < 4.78 is 5.40. The smallest absolute Gasteiger partial charge is 0.125 e. The standard InChI is InChI=1S/C16H17NO3/c1-2-20-13-8-9-16(18)14(11-13)15(17-19)10-12-6-4-3-5-7-12/h3-9,11,18-19H,2,10H2,1H3/b17-15+. The molecule has 0 spiro atoms. The average molecular weight is 271 g/mol. The van der Waals surface area contributed by atoms with E-state index in [0.29, 0.717) is 30.1 Å². The lowest BCUT2D eigenvalue weighted by Crippen LogP contribution is -2.06. The third-order valence-corrected chi connectivity index (χ3v) is 2.93. The maximum Gasteiger partial charge on any atom is 0.125 e. The van der Waals surface area contributed by atoms with Crippen molar-refractivity contribution in [2.45, 2.75) is 13.3 Å². The molecule has 0 fully saturated rings. The van der Waals surface area contributed by atoms with E-state index in [4.69, 9.17) is 4.74 Å². The van der Waals surface area contributed by atoms with Crippen molar-refractivity contribution in [2.24, 2.45) is 5.16 Å². The highest BCUT2D eigenvalue weighted by Gasteiger charge is 2.12. The summed E-state index contributed by atoms with van der Waals surface area (Å²) in [6, 6.07) is 14.5. The van der Waals surface area contributed by atoms with Crippen LogP contribution in [0.5, 0.6) is 11.5 Å². The highest BCUT2D eigenvalue weighted by Crippen LogP contribution is 2.25. The zero-order chi connectivity index (χ0) is 14.4. The zero-order valence-electron chi connectivity index (χ0n) is 11.3. The number of phenols is 1. The number of hydrogen-bond acceptors (Lipinski definition) is 4. The molecule has 0 amide bonds. The van der Waals surface area contributed by atoms with Crippen LogP contribution in [0.4, 0.5) is 0 Å². The fraction of sp³-hybridized carbons (Fsp3) is 0.188. The Morgan fingerprint density at radius 1 is 1.15 bits per heavy atom. The minimum Gasteiger partial charge on any atom is -0.507 e. The van der Waals surface area contributed by atoms with Crippen molar-refractivity contribution in [2.75, 3.05) is 6.61 Å². The first kappa shape index (κ1) is 13.9. The van der Waals surface area contributed by atoms with E-state index in [0.717, 1.165) is 5.56 Å². The van der Waals surface area contributed by atoms with E-state index in [-0.39, 0.29) is 5.75 Å². The van der Waals surface area contributed by atoms with E-state index < -0.39 is 0 Å². The van der Waals surface area contributed by atoms with Gasteiger partial charge < -0.3 is 15.1 Å². The predicted octanol–water partition coefficient (Wildman–Crippen LogP) is 3.21. The summed E-state index contributed by atoms with van der Waals surface area (Å²) >= 11 is 0. The molecule has 104 valence electrons. The Morgan fingerprint density at radius 3 is 2.55 bits per heavy atom. The number of ether oxygens (including phenoxy) is 1. The number of oxime groups is 1. The van der Waals surface area contributed by atoms with Gasteiger partial charge >= 0.3 is 0 Å². The van der Waals surface area contributed by atoms with Gasteiger partial charge in [-0.1, -0.05) is 35.5 Å². The third-order valence-electron chi connectivity index (χ3n) is 2.93. The second-order valence-corrected chi connectivity index (χ2v) is 4.32. The van der Waals surface area contributed by atoms with Crippen molar-refractivity contribution in [1.82, 2.24) is 0 Å². The van der Waals surface area contributed by atoms with Crippen molar-refractivity contribution >= 4 is 5.71 Å². The first-order valence-corrected chi connectivity index (χ1v) is 6.45. The lowest BCUT2D eigenvalue weighted by molar-refractivity contribution is 0.318. The van der Waals surface area contributed by atoms with Crippen molar-refractivity contribution in [3.05, 3.63) is 59.7 Å². The molecule has 2 N–H and O–H groups in total. The number of aromatic hydroxyl groups is 1. The van der Waals surface area contributed by atoms with Crippen LogP contribution >= 0.6 is 0 Å². The molecule has 0 aliphatic heterocycles. The molecule has 0 aliphatic rings. The normalized spacial score (nSPS) is 11.3. The molecular weight excluding hydrogens is 254 g/mol. The maximum absolute atomic E-state index is 9.94. The second-order valence-electron chi connectivity index (χ2n) is 4.32. The molecule has 0 atom stereocenters. The van der Waals surface area contributed by atoms with Crippen LogP contribution in [0.2, 0.25) is 0 Å². The zero-order valence-corrected chi connectivity index (χ0v) is 11.3. The highest BCUT2D eigenvalue weighted by molar-refractivity contribution is 6.03. The maximum atomic E-state index is 9.94. The van der Waals surface area contributed by atoms with Gasteiger partial charge in [-0.15, -0.1) is 0 Å². The van der Waals surface area contributed by atoms with Crippen LogP contribution in [0, 0.1) is 0 Å². The first-order chi connectivity index (χ1) is 9.74. The van der Waals surface area contributed by atoms with Gasteiger partial charge in [-0.2, -0.15) is 0 Å². The van der Waals surface area contributed by atoms with Crippen molar-refractivity contribution < 1.29 is 15.1 Å². The van der Waals surface area contributed by atoms with Crippen LogP contribution in [-0.4, -0.2) is 22.6 Å². The Bertz CT molecular complexity index is 594. The largest absolute Gasteiger partial charge is 0.507 e. The molecule has 2 aromatic rings.